The van der Waals surface area contributed by atoms with E-state index in [1.54, 1.807) is 49.4 Å². The van der Waals surface area contributed by atoms with Crippen molar-refractivity contribution in [2.45, 2.75) is 52.2 Å². The Labute approximate surface area is 223 Å². The second-order valence-electron chi connectivity index (χ2n) is 8.48. The second kappa shape index (κ2) is 13.2. The van der Waals surface area contributed by atoms with Gasteiger partial charge in [-0.3, -0.25) is 13.9 Å². The predicted octanol–water partition coefficient (Wildman–Crippen LogP) is 4.49. The molecule has 0 radical (unpaired) electrons. The number of hydrogen-bond donors (Lipinski definition) is 1. The fourth-order valence-corrected chi connectivity index (χ4v) is 4.73. The minimum absolute atomic E-state index is 0.0440. The van der Waals surface area contributed by atoms with E-state index in [0.717, 1.165) is 17.0 Å². The topological polar surface area (TPSA) is 96.0 Å². The lowest BCUT2D eigenvalue weighted by Crippen LogP contribution is -2.53. The summed E-state index contributed by atoms with van der Waals surface area (Å²) in [5.74, 6) is -0.295. The third-order valence-electron chi connectivity index (χ3n) is 5.76. The van der Waals surface area contributed by atoms with Crippen molar-refractivity contribution in [2.24, 2.45) is 0 Å². The molecular formula is C25H33Cl2N3O5S. The van der Waals surface area contributed by atoms with Gasteiger partial charge in [0.15, 0.2) is 0 Å². The summed E-state index contributed by atoms with van der Waals surface area (Å²) in [4.78, 5) is 28.2. The molecule has 0 aliphatic carbocycles. The minimum Gasteiger partial charge on any atom is -0.497 e. The molecule has 198 valence electrons. The molecule has 2 amide bonds. The number of carbonyl (C=O) groups is 2. The molecule has 0 heterocycles. The molecule has 0 bridgehead atoms. The monoisotopic (exact) mass is 557 g/mol. The van der Waals surface area contributed by atoms with Gasteiger partial charge in [0.05, 0.1) is 29.1 Å². The first-order valence-corrected chi connectivity index (χ1v) is 14.2. The van der Waals surface area contributed by atoms with E-state index in [1.807, 2.05) is 13.8 Å². The molecule has 1 N–H and O–H groups in total. The lowest BCUT2D eigenvalue weighted by atomic mass is 10.1. The van der Waals surface area contributed by atoms with Crippen LogP contribution in [0.4, 0.5) is 5.69 Å². The maximum absolute atomic E-state index is 13.7. The van der Waals surface area contributed by atoms with E-state index in [9.17, 15) is 18.0 Å². The number of carbonyl (C=O) groups excluding carboxylic acids is 2. The van der Waals surface area contributed by atoms with E-state index >= 15 is 0 Å². The van der Waals surface area contributed by atoms with Crippen molar-refractivity contribution in [1.29, 1.82) is 0 Å². The molecule has 0 aliphatic rings. The summed E-state index contributed by atoms with van der Waals surface area (Å²) in [6.07, 6.45) is 2.08. The van der Waals surface area contributed by atoms with Crippen molar-refractivity contribution in [3.05, 3.63) is 58.1 Å². The van der Waals surface area contributed by atoms with Crippen molar-refractivity contribution >= 4 is 50.7 Å². The number of halogens is 2. The van der Waals surface area contributed by atoms with Gasteiger partial charge in [-0.2, -0.15) is 0 Å². The molecule has 8 nitrogen and oxygen atoms in total. The highest BCUT2D eigenvalue weighted by Gasteiger charge is 2.32. The molecular weight excluding hydrogens is 525 g/mol. The molecule has 0 fully saturated rings. The smallest absolute Gasteiger partial charge is 0.244 e. The summed E-state index contributed by atoms with van der Waals surface area (Å²) in [5, 5.41) is 3.60. The Morgan fingerprint density at radius 2 is 1.67 bits per heavy atom. The van der Waals surface area contributed by atoms with Crippen LogP contribution in [0.5, 0.6) is 5.75 Å². The summed E-state index contributed by atoms with van der Waals surface area (Å²) >= 11 is 12.2. The van der Waals surface area contributed by atoms with E-state index in [0.29, 0.717) is 33.5 Å². The lowest BCUT2D eigenvalue weighted by molar-refractivity contribution is -0.140. The molecule has 0 saturated carbocycles. The molecule has 0 aromatic heterocycles. The Morgan fingerprint density at radius 3 is 2.17 bits per heavy atom. The molecule has 11 heteroatoms. The van der Waals surface area contributed by atoms with Crippen LogP contribution in [-0.2, 0) is 26.2 Å². The Bertz CT molecular complexity index is 1160. The standard InChI is InChI=1S/C25H33Cl2N3O5S/c1-6-17(3)28-25(32)23(7-2)29(15-18-8-13-21(26)22(27)14-18)24(31)16-30(36(5,33)34)19-9-11-20(35-4)12-10-19/h8-14,17,23H,6-7,15-16H2,1-5H3,(H,28,32)/t17-,23+/m0/s1. The van der Waals surface area contributed by atoms with Crippen LogP contribution in [0, 0.1) is 0 Å². The van der Waals surface area contributed by atoms with Gasteiger partial charge in [-0.25, -0.2) is 8.42 Å². The Balaban J connectivity index is 2.45. The van der Waals surface area contributed by atoms with Gasteiger partial charge in [-0.1, -0.05) is 43.1 Å². The third kappa shape index (κ3) is 8.01. The van der Waals surface area contributed by atoms with Crippen LogP contribution in [0.15, 0.2) is 42.5 Å². The van der Waals surface area contributed by atoms with Crippen LogP contribution in [0.2, 0.25) is 10.0 Å². The van der Waals surface area contributed by atoms with Gasteiger partial charge in [-0.05, 0) is 61.7 Å². The Kier molecular flexibility index (Phi) is 10.9. The average Bonchev–Trinajstić information content (AvgIpc) is 2.83. The quantitative estimate of drug-likeness (QED) is 0.414. The number of rotatable bonds is 12. The molecule has 36 heavy (non-hydrogen) atoms. The zero-order valence-corrected chi connectivity index (χ0v) is 23.5. The van der Waals surface area contributed by atoms with E-state index in [1.165, 1.54) is 12.0 Å². The van der Waals surface area contributed by atoms with Crippen LogP contribution < -0.4 is 14.4 Å². The first-order valence-electron chi connectivity index (χ1n) is 11.6. The van der Waals surface area contributed by atoms with Gasteiger partial charge in [0, 0.05) is 12.6 Å². The number of sulfonamides is 1. The van der Waals surface area contributed by atoms with E-state index < -0.39 is 28.5 Å². The minimum atomic E-state index is -3.82. The van der Waals surface area contributed by atoms with Crippen molar-refractivity contribution in [3.8, 4) is 5.75 Å². The first kappa shape index (κ1) is 29.7. The lowest BCUT2D eigenvalue weighted by Gasteiger charge is -2.33. The zero-order chi connectivity index (χ0) is 27.0. The average molecular weight is 559 g/mol. The maximum atomic E-state index is 13.7. The van der Waals surface area contributed by atoms with Crippen LogP contribution in [0.1, 0.15) is 39.2 Å². The van der Waals surface area contributed by atoms with Crippen molar-refractivity contribution in [3.63, 3.8) is 0 Å². The van der Waals surface area contributed by atoms with E-state index in [-0.39, 0.29) is 18.5 Å². The molecule has 2 atom stereocenters. The predicted molar refractivity (Wildman–Crippen MR) is 144 cm³/mol. The normalized spacial score (nSPS) is 13.0. The summed E-state index contributed by atoms with van der Waals surface area (Å²) in [6, 6.07) is 10.4. The fourth-order valence-electron chi connectivity index (χ4n) is 3.56. The summed E-state index contributed by atoms with van der Waals surface area (Å²) < 4.78 is 31.5. The Morgan fingerprint density at radius 1 is 1.03 bits per heavy atom. The number of methoxy groups -OCH3 is 1. The van der Waals surface area contributed by atoms with Gasteiger partial charge in [0.25, 0.3) is 0 Å². The van der Waals surface area contributed by atoms with Crippen molar-refractivity contribution in [1.82, 2.24) is 10.2 Å². The van der Waals surface area contributed by atoms with Crippen LogP contribution in [0.25, 0.3) is 0 Å². The van der Waals surface area contributed by atoms with Gasteiger partial charge in [0.1, 0.15) is 18.3 Å². The van der Waals surface area contributed by atoms with E-state index in [2.05, 4.69) is 5.32 Å². The summed E-state index contributed by atoms with van der Waals surface area (Å²) in [7, 11) is -2.32. The Hall–Kier alpha value is -2.49. The van der Waals surface area contributed by atoms with Gasteiger partial charge in [-0.15, -0.1) is 0 Å². The molecule has 0 aliphatic heterocycles. The molecule has 0 spiro atoms. The van der Waals surface area contributed by atoms with Gasteiger partial charge in [0.2, 0.25) is 21.8 Å². The number of hydrogen-bond acceptors (Lipinski definition) is 5. The zero-order valence-electron chi connectivity index (χ0n) is 21.1. The first-order chi connectivity index (χ1) is 16.9. The number of ether oxygens (including phenoxy) is 1. The molecule has 2 aromatic carbocycles. The highest BCUT2D eigenvalue weighted by Crippen LogP contribution is 2.25. The maximum Gasteiger partial charge on any atom is 0.244 e. The number of amides is 2. The van der Waals surface area contributed by atoms with Crippen molar-refractivity contribution < 1.29 is 22.7 Å². The van der Waals surface area contributed by atoms with Crippen LogP contribution in [0.3, 0.4) is 0 Å². The highest BCUT2D eigenvalue weighted by atomic mass is 35.5. The molecule has 2 rings (SSSR count). The number of anilines is 1. The van der Waals surface area contributed by atoms with E-state index in [4.69, 9.17) is 27.9 Å². The fraction of sp³-hybridized carbons (Fsp3) is 0.440. The number of nitrogens with zero attached hydrogens (tertiary/aromatic N) is 2. The summed E-state index contributed by atoms with van der Waals surface area (Å²) in [6.45, 7) is 5.18. The van der Waals surface area contributed by atoms with Crippen LogP contribution in [-0.4, -0.2) is 57.1 Å². The molecule has 2 aromatic rings. The SMILES string of the molecule is CC[C@H](C(=O)N[C@@H](C)CC)N(Cc1ccc(Cl)c(Cl)c1)C(=O)CN(c1ccc(OC)cc1)S(C)(=O)=O. The highest BCUT2D eigenvalue weighted by molar-refractivity contribution is 7.92. The van der Waals surface area contributed by atoms with Crippen molar-refractivity contribution in [2.75, 3.05) is 24.2 Å². The molecule has 0 unspecified atom stereocenters. The number of nitrogens with one attached hydrogen (secondary N) is 1. The number of benzene rings is 2. The summed E-state index contributed by atoms with van der Waals surface area (Å²) in [5.41, 5.74) is 0.959. The molecule has 0 saturated heterocycles. The third-order valence-corrected chi connectivity index (χ3v) is 7.64. The van der Waals surface area contributed by atoms with Crippen LogP contribution >= 0.6 is 23.2 Å². The van der Waals surface area contributed by atoms with Gasteiger partial charge >= 0.3 is 0 Å². The second-order valence-corrected chi connectivity index (χ2v) is 11.2. The largest absolute Gasteiger partial charge is 0.497 e. The van der Waals surface area contributed by atoms with Gasteiger partial charge < -0.3 is 15.0 Å².